The van der Waals surface area contributed by atoms with Crippen LogP contribution in [0.15, 0.2) is 60.8 Å². The zero-order valence-corrected chi connectivity index (χ0v) is 45.8. The molecule has 0 radical (unpaired) electrons. The van der Waals surface area contributed by atoms with E-state index in [2.05, 4.69) is 81.5 Å². The lowest BCUT2D eigenvalue weighted by molar-refractivity contribution is -0.167. The van der Waals surface area contributed by atoms with Gasteiger partial charge in [0.05, 0.1) is 0 Å². The van der Waals surface area contributed by atoms with Crippen LogP contribution in [0, 0.1) is 0 Å². The molecule has 6 heteroatoms. The molecule has 0 aliphatic heterocycles. The van der Waals surface area contributed by atoms with E-state index in [0.29, 0.717) is 19.3 Å². The molecule has 0 spiro atoms. The van der Waals surface area contributed by atoms with Crippen molar-refractivity contribution >= 4 is 17.9 Å². The van der Waals surface area contributed by atoms with E-state index in [-0.39, 0.29) is 37.5 Å². The minimum absolute atomic E-state index is 0.0948. The first kappa shape index (κ1) is 66.1. The van der Waals surface area contributed by atoms with Crippen LogP contribution in [0.25, 0.3) is 0 Å². The normalized spacial score (nSPS) is 12.4. The molecule has 0 aliphatic rings. The Morgan fingerprint density at radius 3 is 0.899 bits per heavy atom. The number of allylic oxidation sites excluding steroid dienone is 10. The van der Waals surface area contributed by atoms with E-state index in [4.69, 9.17) is 14.2 Å². The van der Waals surface area contributed by atoms with Crippen LogP contribution < -0.4 is 0 Å². The third-order valence-corrected chi connectivity index (χ3v) is 13.0. The van der Waals surface area contributed by atoms with Crippen LogP contribution >= 0.6 is 0 Å². The molecule has 0 amide bonds. The molecule has 0 aromatic heterocycles. The van der Waals surface area contributed by atoms with Gasteiger partial charge in [-0.3, -0.25) is 14.4 Å². The Labute approximate surface area is 428 Å². The maximum absolute atomic E-state index is 12.9. The summed E-state index contributed by atoms with van der Waals surface area (Å²) < 4.78 is 16.8. The van der Waals surface area contributed by atoms with Crippen molar-refractivity contribution < 1.29 is 28.6 Å². The molecule has 0 N–H and O–H groups in total. The van der Waals surface area contributed by atoms with E-state index in [9.17, 15) is 14.4 Å². The first-order valence-corrected chi connectivity index (χ1v) is 29.8. The molecule has 0 rings (SSSR count). The second-order valence-electron chi connectivity index (χ2n) is 19.9. The van der Waals surface area contributed by atoms with Gasteiger partial charge in [-0.25, -0.2) is 0 Å². The molecule has 0 aromatic rings. The highest BCUT2D eigenvalue weighted by atomic mass is 16.6. The second kappa shape index (κ2) is 57.7. The number of hydrogen-bond donors (Lipinski definition) is 0. The highest BCUT2D eigenvalue weighted by Gasteiger charge is 2.19. The standard InChI is InChI=1S/C63H112O6/c1-4-7-10-13-16-19-22-25-28-30-31-33-36-39-42-45-48-51-54-57-63(66)69-60(58-67-61(64)55-52-49-46-43-40-37-34-27-24-21-18-15-12-9-6-3)59-68-62(65)56-53-50-47-44-41-38-35-32-29-26-23-20-17-14-11-8-5-2/h18,21,26-27,29,34-35,38,44,47,60H,4-17,19-20,22-25,28,30-33,36-37,39-43,45-46,48-59H2,1-3H3/b21-18-,29-26-,34-27-,38-35-,47-44-/t60-/m1/s1. The average molecular weight is 966 g/mol. The van der Waals surface area contributed by atoms with Crippen molar-refractivity contribution in [3.8, 4) is 0 Å². The van der Waals surface area contributed by atoms with Crippen molar-refractivity contribution in [2.75, 3.05) is 13.2 Å². The van der Waals surface area contributed by atoms with Crippen LogP contribution in [0.5, 0.6) is 0 Å². The van der Waals surface area contributed by atoms with Gasteiger partial charge >= 0.3 is 17.9 Å². The Balaban J connectivity index is 4.43. The Bertz CT molecular complexity index is 1250. The number of carbonyl (C=O) groups excluding carboxylic acids is 3. The molecule has 0 aliphatic carbocycles. The average Bonchev–Trinajstić information content (AvgIpc) is 3.35. The van der Waals surface area contributed by atoms with Crippen molar-refractivity contribution in [1.29, 1.82) is 0 Å². The molecule has 0 aromatic carbocycles. The van der Waals surface area contributed by atoms with Gasteiger partial charge in [-0.05, 0) is 83.5 Å². The van der Waals surface area contributed by atoms with Crippen molar-refractivity contribution in [3.63, 3.8) is 0 Å². The summed E-state index contributed by atoms with van der Waals surface area (Å²) in [4.78, 5) is 38.2. The fourth-order valence-electron chi connectivity index (χ4n) is 8.49. The number of hydrogen-bond acceptors (Lipinski definition) is 6. The summed E-state index contributed by atoms with van der Waals surface area (Å²) in [6, 6.07) is 0. The van der Waals surface area contributed by atoms with Crippen molar-refractivity contribution in [2.24, 2.45) is 0 Å². The first-order chi connectivity index (χ1) is 34.0. The zero-order chi connectivity index (χ0) is 50.0. The molecule has 0 unspecified atom stereocenters. The van der Waals surface area contributed by atoms with Crippen molar-refractivity contribution in [2.45, 2.75) is 309 Å². The van der Waals surface area contributed by atoms with Gasteiger partial charge in [0.15, 0.2) is 6.10 Å². The van der Waals surface area contributed by atoms with Gasteiger partial charge in [0.25, 0.3) is 0 Å². The number of carbonyl (C=O) groups is 3. The van der Waals surface area contributed by atoms with Crippen molar-refractivity contribution in [3.05, 3.63) is 60.8 Å². The van der Waals surface area contributed by atoms with Gasteiger partial charge < -0.3 is 14.2 Å². The predicted octanol–water partition coefficient (Wildman–Crippen LogP) is 20.0. The van der Waals surface area contributed by atoms with Crippen LogP contribution in [0.1, 0.15) is 303 Å². The van der Waals surface area contributed by atoms with Gasteiger partial charge in [0.1, 0.15) is 13.2 Å². The SMILES string of the molecule is CCCCC/C=C\C/C=C\CCCCCCCC(=O)OC[C@H](COC(=O)CCC/C=C\C/C=C\C/C=C\CCCCCCCC)OC(=O)CCCCCCCCCCCCCCCCCCCCC. The lowest BCUT2D eigenvalue weighted by Gasteiger charge is -2.18. The molecule has 6 nitrogen and oxygen atoms in total. The summed E-state index contributed by atoms with van der Waals surface area (Å²) in [7, 11) is 0. The Kier molecular flexibility index (Phi) is 55.3. The summed E-state index contributed by atoms with van der Waals surface area (Å²) in [6.45, 7) is 6.59. The monoisotopic (exact) mass is 965 g/mol. The molecule has 400 valence electrons. The molecule has 0 fully saturated rings. The minimum atomic E-state index is -0.799. The van der Waals surface area contributed by atoms with Crippen LogP contribution in [0.3, 0.4) is 0 Å². The molecule has 0 saturated heterocycles. The summed E-state index contributed by atoms with van der Waals surface area (Å²) in [5.74, 6) is -0.947. The predicted molar refractivity (Wildman–Crippen MR) is 298 cm³/mol. The quantitative estimate of drug-likeness (QED) is 0.0262. The number of esters is 3. The number of unbranched alkanes of at least 4 members (excludes halogenated alkanes) is 33. The highest BCUT2D eigenvalue weighted by Crippen LogP contribution is 2.16. The van der Waals surface area contributed by atoms with Gasteiger partial charge in [0, 0.05) is 19.3 Å². The third kappa shape index (κ3) is 55.9. The van der Waals surface area contributed by atoms with Crippen LogP contribution in [0.2, 0.25) is 0 Å². The third-order valence-electron chi connectivity index (χ3n) is 13.0. The van der Waals surface area contributed by atoms with Crippen molar-refractivity contribution in [1.82, 2.24) is 0 Å². The topological polar surface area (TPSA) is 78.9 Å². The van der Waals surface area contributed by atoms with Gasteiger partial charge in [-0.15, -0.1) is 0 Å². The Morgan fingerprint density at radius 2 is 0.536 bits per heavy atom. The highest BCUT2D eigenvalue weighted by molar-refractivity contribution is 5.71. The molecule has 69 heavy (non-hydrogen) atoms. The van der Waals surface area contributed by atoms with E-state index in [1.165, 1.54) is 180 Å². The van der Waals surface area contributed by atoms with E-state index in [0.717, 1.165) is 77.0 Å². The van der Waals surface area contributed by atoms with Crippen LogP contribution in [-0.4, -0.2) is 37.2 Å². The van der Waals surface area contributed by atoms with E-state index >= 15 is 0 Å². The maximum Gasteiger partial charge on any atom is 0.306 e. The fraction of sp³-hybridized carbons (Fsp3) is 0.794. The lowest BCUT2D eigenvalue weighted by atomic mass is 10.0. The fourth-order valence-corrected chi connectivity index (χ4v) is 8.49. The molecule has 0 saturated carbocycles. The molecule has 1 atom stereocenters. The lowest BCUT2D eigenvalue weighted by Crippen LogP contribution is -2.30. The molecule has 0 bridgehead atoms. The van der Waals surface area contributed by atoms with Gasteiger partial charge in [-0.1, -0.05) is 261 Å². The van der Waals surface area contributed by atoms with E-state index in [1.54, 1.807) is 0 Å². The maximum atomic E-state index is 12.9. The van der Waals surface area contributed by atoms with Gasteiger partial charge in [0.2, 0.25) is 0 Å². The smallest absolute Gasteiger partial charge is 0.306 e. The summed E-state index contributed by atoms with van der Waals surface area (Å²) in [5.41, 5.74) is 0. The molecular formula is C63H112O6. The number of ether oxygens (including phenoxy) is 3. The Morgan fingerprint density at radius 1 is 0.290 bits per heavy atom. The summed E-state index contributed by atoms with van der Waals surface area (Å²) in [6.07, 6.45) is 72.2. The van der Waals surface area contributed by atoms with Crippen LogP contribution in [-0.2, 0) is 28.6 Å². The second-order valence-corrected chi connectivity index (χ2v) is 19.9. The van der Waals surface area contributed by atoms with E-state index < -0.39 is 6.10 Å². The number of rotatable bonds is 54. The largest absolute Gasteiger partial charge is 0.462 e. The zero-order valence-electron chi connectivity index (χ0n) is 45.8. The summed E-state index contributed by atoms with van der Waals surface area (Å²) in [5, 5.41) is 0. The molecule has 0 heterocycles. The molecular weight excluding hydrogens is 853 g/mol. The summed E-state index contributed by atoms with van der Waals surface area (Å²) >= 11 is 0. The Hall–Kier alpha value is -2.89. The van der Waals surface area contributed by atoms with E-state index in [1.807, 2.05) is 0 Å². The van der Waals surface area contributed by atoms with Gasteiger partial charge in [-0.2, -0.15) is 0 Å². The first-order valence-electron chi connectivity index (χ1n) is 29.8. The van der Waals surface area contributed by atoms with Crippen LogP contribution in [0.4, 0.5) is 0 Å². The minimum Gasteiger partial charge on any atom is -0.462 e.